The van der Waals surface area contributed by atoms with Crippen molar-refractivity contribution in [2.24, 2.45) is 4.99 Å². The normalized spacial score (nSPS) is 18.6. The van der Waals surface area contributed by atoms with E-state index in [0.717, 1.165) is 30.1 Å². The van der Waals surface area contributed by atoms with Crippen molar-refractivity contribution in [3.05, 3.63) is 23.9 Å². The zero-order valence-corrected chi connectivity index (χ0v) is 13.9. The molecule has 0 amide bonds. The van der Waals surface area contributed by atoms with Crippen molar-refractivity contribution in [2.45, 2.75) is 24.6 Å². The first-order chi connectivity index (χ1) is 10.2. The Morgan fingerprint density at radius 1 is 1.48 bits per heavy atom. The fourth-order valence-electron chi connectivity index (χ4n) is 2.24. The van der Waals surface area contributed by atoms with Gasteiger partial charge in [-0.25, -0.2) is 4.98 Å². The summed E-state index contributed by atoms with van der Waals surface area (Å²) < 4.78 is 0. The van der Waals surface area contributed by atoms with Gasteiger partial charge >= 0.3 is 0 Å². The molecule has 0 spiro atoms. The lowest BCUT2D eigenvalue weighted by Crippen LogP contribution is -2.39. The van der Waals surface area contributed by atoms with E-state index in [1.807, 2.05) is 38.3 Å². The molecule has 2 heterocycles. The monoisotopic (exact) mass is 307 g/mol. The van der Waals surface area contributed by atoms with Crippen LogP contribution in [0.3, 0.4) is 0 Å². The Bertz CT molecular complexity index is 469. The van der Waals surface area contributed by atoms with Crippen LogP contribution in [0, 0.1) is 0 Å². The molecule has 0 bridgehead atoms. The number of pyridine rings is 1. The first-order valence-electron chi connectivity index (χ1n) is 7.37. The van der Waals surface area contributed by atoms with Crippen LogP contribution in [0.15, 0.2) is 23.3 Å². The first-order valence-corrected chi connectivity index (χ1v) is 8.42. The lowest BCUT2D eigenvalue weighted by Gasteiger charge is -2.16. The molecular weight excluding hydrogens is 282 g/mol. The third kappa shape index (κ3) is 5.12. The molecule has 0 saturated carbocycles. The van der Waals surface area contributed by atoms with Crippen LogP contribution in [0.2, 0.25) is 0 Å². The molecule has 0 aromatic carbocycles. The van der Waals surface area contributed by atoms with Crippen LogP contribution < -0.4 is 15.5 Å². The predicted molar refractivity (Wildman–Crippen MR) is 92.2 cm³/mol. The summed E-state index contributed by atoms with van der Waals surface area (Å²) in [6.45, 7) is 1.74. The largest absolute Gasteiger partial charge is 0.363 e. The van der Waals surface area contributed by atoms with Crippen LogP contribution in [0.5, 0.6) is 0 Å². The molecule has 5 nitrogen and oxygen atoms in total. The Kier molecular flexibility index (Phi) is 6.17. The summed E-state index contributed by atoms with van der Waals surface area (Å²) >= 11 is 2.06. The summed E-state index contributed by atoms with van der Waals surface area (Å²) in [4.78, 5) is 10.6. The average Bonchev–Trinajstić information content (AvgIpc) is 3.01. The second-order valence-electron chi connectivity index (χ2n) is 5.36. The number of aliphatic imine (C=N–C) groups is 1. The van der Waals surface area contributed by atoms with E-state index in [4.69, 9.17) is 0 Å². The number of guanidine groups is 1. The zero-order chi connectivity index (χ0) is 15.1. The Balaban J connectivity index is 1.80. The van der Waals surface area contributed by atoms with E-state index in [2.05, 4.69) is 38.4 Å². The van der Waals surface area contributed by atoms with E-state index in [0.29, 0.717) is 0 Å². The van der Waals surface area contributed by atoms with Gasteiger partial charge in [-0.3, -0.25) is 4.99 Å². The van der Waals surface area contributed by atoms with Gasteiger partial charge < -0.3 is 15.5 Å². The molecule has 1 fully saturated rings. The van der Waals surface area contributed by atoms with Gasteiger partial charge in [0, 0.05) is 45.7 Å². The molecule has 1 aromatic heterocycles. The van der Waals surface area contributed by atoms with Crippen molar-refractivity contribution in [3.63, 3.8) is 0 Å². The quantitative estimate of drug-likeness (QED) is 0.641. The molecule has 116 valence electrons. The van der Waals surface area contributed by atoms with Gasteiger partial charge in [-0.15, -0.1) is 0 Å². The van der Waals surface area contributed by atoms with Crippen LogP contribution in [0.25, 0.3) is 0 Å². The number of rotatable bonds is 5. The number of thioether (sulfide) groups is 1. The van der Waals surface area contributed by atoms with Crippen molar-refractivity contribution in [1.29, 1.82) is 0 Å². The molecule has 1 aromatic rings. The number of hydrogen-bond acceptors (Lipinski definition) is 4. The van der Waals surface area contributed by atoms with E-state index >= 15 is 0 Å². The third-order valence-corrected chi connectivity index (χ3v) is 4.87. The third-order valence-electron chi connectivity index (χ3n) is 3.47. The molecule has 1 unspecified atom stereocenters. The smallest absolute Gasteiger partial charge is 0.191 e. The highest BCUT2D eigenvalue weighted by molar-refractivity contribution is 8.00. The van der Waals surface area contributed by atoms with Gasteiger partial charge in [-0.2, -0.15) is 11.8 Å². The number of anilines is 1. The highest BCUT2D eigenvalue weighted by Gasteiger charge is 2.15. The highest BCUT2D eigenvalue weighted by atomic mass is 32.2. The SMILES string of the molecule is CN=C(NCc1ccnc(N(C)C)c1)NCC1CCCS1. The van der Waals surface area contributed by atoms with E-state index in [1.165, 1.54) is 24.2 Å². The number of nitrogens with one attached hydrogen (secondary N) is 2. The van der Waals surface area contributed by atoms with Crippen molar-refractivity contribution in [2.75, 3.05) is 38.3 Å². The Morgan fingerprint density at radius 2 is 2.33 bits per heavy atom. The molecule has 21 heavy (non-hydrogen) atoms. The molecule has 1 aliphatic heterocycles. The standard InChI is InChI=1S/C15H25N5S/c1-16-15(19-11-13-5-4-8-21-13)18-10-12-6-7-17-14(9-12)20(2)3/h6-7,9,13H,4-5,8,10-11H2,1-3H3,(H2,16,18,19). The molecule has 2 N–H and O–H groups in total. The summed E-state index contributed by atoms with van der Waals surface area (Å²) in [5, 5.41) is 7.50. The second-order valence-corrected chi connectivity index (χ2v) is 6.77. The number of nitrogens with zero attached hydrogens (tertiary/aromatic N) is 3. The maximum absolute atomic E-state index is 4.32. The maximum atomic E-state index is 4.32. The molecule has 1 aliphatic rings. The summed E-state index contributed by atoms with van der Waals surface area (Å²) in [5.74, 6) is 3.13. The molecule has 0 radical (unpaired) electrons. The fraction of sp³-hybridized carbons (Fsp3) is 0.600. The lowest BCUT2D eigenvalue weighted by molar-refractivity contribution is 0.726. The fourth-order valence-corrected chi connectivity index (χ4v) is 3.44. The Hall–Kier alpha value is -1.43. The van der Waals surface area contributed by atoms with E-state index in [9.17, 15) is 0 Å². The van der Waals surface area contributed by atoms with E-state index < -0.39 is 0 Å². The lowest BCUT2D eigenvalue weighted by atomic mass is 10.2. The minimum atomic E-state index is 0.727. The zero-order valence-electron chi connectivity index (χ0n) is 13.1. The van der Waals surface area contributed by atoms with Gasteiger partial charge in [-0.1, -0.05) is 0 Å². The molecule has 6 heteroatoms. The van der Waals surface area contributed by atoms with E-state index in [1.54, 1.807) is 0 Å². The van der Waals surface area contributed by atoms with Crippen LogP contribution in [-0.4, -0.2) is 49.6 Å². The Labute approximate surface area is 131 Å². The van der Waals surface area contributed by atoms with Crippen LogP contribution in [0.1, 0.15) is 18.4 Å². The summed E-state index contributed by atoms with van der Waals surface area (Å²) in [6.07, 6.45) is 4.50. The Morgan fingerprint density at radius 3 is 3.00 bits per heavy atom. The topological polar surface area (TPSA) is 52.6 Å². The molecule has 2 rings (SSSR count). The summed E-state index contributed by atoms with van der Waals surface area (Å²) in [7, 11) is 5.81. The minimum Gasteiger partial charge on any atom is -0.363 e. The summed E-state index contributed by atoms with van der Waals surface area (Å²) in [6, 6.07) is 4.12. The van der Waals surface area contributed by atoms with Gasteiger partial charge in [0.05, 0.1) is 0 Å². The average molecular weight is 307 g/mol. The molecule has 1 atom stereocenters. The highest BCUT2D eigenvalue weighted by Crippen LogP contribution is 2.25. The van der Waals surface area contributed by atoms with Crippen LogP contribution >= 0.6 is 11.8 Å². The predicted octanol–water partition coefficient (Wildman–Crippen LogP) is 1.71. The first kappa shape index (κ1) is 15.9. The molecule has 1 saturated heterocycles. The van der Waals surface area contributed by atoms with Gasteiger partial charge in [0.1, 0.15) is 5.82 Å². The van der Waals surface area contributed by atoms with Crippen molar-refractivity contribution in [3.8, 4) is 0 Å². The van der Waals surface area contributed by atoms with Gasteiger partial charge in [0.25, 0.3) is 0 Å². The van der Waals surface area contributed by atoms with Gasteiger partial charge in [-0.05, 0) is 36.3 Å². The van der Waals surface area contributed by atoms with Crippen molar-refractivity contribution < 1.29 is 0 Å². The molecular formula is C15H25N5S. The molecule has 0 aliphatic carbocycles. The number of aromatic nitrogens is 1. The number of hydrogen-bond donors (Lipinski definition) is 2. The minimum absolute atomic E-state index is 0.727. The van der Waals surface area contributed by atoms with E-state index in [-0.39, 0.29) is 0 Å². The van der Waals surface area contributed by atoms with Gasteiger partial charge in [0.2, 0.25) is 0 Å². The second kappa shape index (κ2) is 8.12. The van der Waals surface area contributed by atoms with Crippen LogP contribution in [-0.2, 0) is 6.54 Å². The maximum Gasteiger partial charge on any atom is 0.191 e. The van der Waals surface area contributed by atoms with Gasteiger partial charge in [0.15, 0.2) is 5.96 Å². The van der Waals surface area contributed by atoms with Crippen molar-refractivity contribution >= 4 is 23.5 Å². The van der Waals surface area contributed by atoms with Crippen LogP contribution in [0.4, 0.5) is 5.82 Å². The van der Waals surface area contributed by atoms with Crippen molar-refractivity contribution in [1.82, 2.24) is 15.6 Å². The summed E-state index contributed by atoms with van der Waals surface area (Å²) in [5.41, 5.74) is 1.20.